The lowest BCUT2D eigenvalue weighted by Gasteiger charge is -2.35. The molecule has 4 aromatic rings. The van der Waals surface area contributed by atoms with E-state index in [4.69, 9.17) is 11.6 Å². The van der Waals surface area contributed by atoms with E-state index >= 15 is 0 Å². The lowest BCUT2D eigenvalue weighted by atomic mass is 10.0. The molecule has 4 aromatic carbocycles. The quantitative estimate of drug-likeness (QED) is 0.197. The second-order valence-electron chi connectivity index (χ2n) is 12.2. The summed E-state index contributed by atoms with van der Waals surface area (Å²) in [6, 6.07) is 29.3. The number of anilines is 1. The van der Waals surface area contributed by atoms with E-state index in [-0.39, 0.29) is 29.5 Å². The molecule has 0 heterocycles. The molecule has 0 saturated heterocycles. The van der Waals surface area contributed by atoms with Crippen LogP contribution in [0.5, 0.6) is 0 Å². The maximum absolute atomic E-state index is 14.5. The average Bonchev–Trinajstić information content (AvgIpc) is 2.99. The highest BCUT2D eigenvalue weighted by molar-refractivity contribution is 7.92. The van der Waals surface area contributed by atoms with Crippen molar-refractivity contribution in [3.8, 4) is 0 Å². The van der Waals surface area contributed by atoms with E-state index in [0.29, 0.717) is 5.02 Å². The smallest absolute Gasteiger partial charge is 0.264 e. The van der Waals surface area contributed by atoms with Crippen LogP contribution >= 0.6 is 11.6 Å². The zero-order chi connectivity index (χ0) is 32.8. The standard InChI is InChI=1S/C36H40ClN3O4S/c1-26-16-20-31(21-17-26)45(43,44)40(30-19-18-27(2)32(37)23-30)25-34(41)39(24-29-14-10-7-11-15-29)33(35(42)38-36(3,4)5)22-28-12-8-6-9-13-28/h6-21,23,33H,22,24-25H2,1-5H3,(H,38,42)/t33-/m0/s1. The molecule has 236 valence electrons. The lowest BCUT2D eigenvalue weighted by Crippen LogP contribution is -2.56. The van der Waals surface area contributed by atoms with Gasteiger partial charge in [0.15, 0.2) is 0 Å². The van der Waals surface area contributed by atoms with Crippen molar-refractivity contribution in [3.05, 3.63) is 130 Å². The molecule has 0 aliphatic carbocycles. The predicted molar refractivity (Wildman–Crippen MR) is 181 cm³/mol. The number of carbonyl (C=O) groups is 2. The summed E-state index contributed by atoms with van der Waals surface area (Å²) in [7, 11) is -4.21. The Morgan fingerprint density at radius 1 is 0.822 bits per heavy atom. The van der Waals surface area contributed by atoms with Crippen LogP contribution in [0, 0.1) is 13.8 Å². The number of carbonyl (C=O) groups excluding carboxylic acids is 2. The summed E-state index contributed by atoms with van der Waals surface area (Å²) in [4.78, 5) is 30.0. The number of nitrogens with one attached hydrogen (secondary N) is 1. The minimum absolute atomic E-state index is 0.0403. The summed E-state index contributed by atoms with van der Waals surface area (Å²) < 4.78 is 29.4. The minimum atomic E-state index is -4.21. The Labute approximate surface area is 271 Å². The fourth-order valence-electron chi connectivity index (χ4n) is 4.89. The predicted octanol–water partition coefficient (Wildman–Crippen LogP) is 6.71. The van der Waals surface area contributed by atoms with Crippen LogP contribution in [0.3, 0.4) is 0 Å². The summed E-state index contributed by atoms with van der Waals surface area (Å²) in [6.45, 7) is 8.88. The molecular weight excluding hydrogens is 606 g/mol. The van der Waals surface area contributed by atoms with Crippen LogP contribution in [0.25, 0.3) is 0 Å². The van der Waals surface area contributed by atoms with Crippen LogP contribution in [0.15, 0.2) is 108 Å². The van der Waals surface area contributed by atoms with E-state index in [9.17, 15) is 18.0 Å². The molecule has 0 aromatic heterocycles. The van der Waals surface area contributed by atoms with Crippen LogP contribution in [0.1, 0.15) is 43.0 Å². The Kier molecular flexibility index (Phi) is 10.7. The topological polar surface area (TPSA) is 86.8 Å². The average molecular weight is 646 g/mol. The van der Waals surface area contributed by atoms with Gasteiger partial charge in [-0.05, 0) is 75.6 Å². The summed E-state index contributed by atoms with van der Waals surface area (Å²) in [5.41, 5.74) is 3.03. The van der Waals surface area contributed by atoms with E-state index in [0.717, 1.165) is 26.6 Å². The normalized spacial score (nSPS) is 12.3. The van der Waals surface area contributed by atoms with Crippen molar-refractivity contribution in [3.63, 3.8) is 0 Å². The van der Waals surface area contributed by atoms with E-state index in [1.807, 2.05) is 95.3 Å². The SMILES string of the molecule is Cc1ccc(S(=O)(=O)N(CC(=O)N(Cc2ccccc2)[C@@H](Cc2ccccc2)C(=O)NC(C)(C)C)c2ccc(C)c(Cl)c2)cc1. The van der Waals surface area contributed by atoms with Crippen molar-refractivity contribution >= 4 is 39.1 Å². The van der Waals surface area contributed by atoms with Crippen molar-refractivity contribution in [2.24, 2.45) is 0 Å². The third-order valence-corrected chi connectivity index (χ3v) is 9.49. The monoisotopic (exact) mass is 645 g/mol. The molecule has 4 rings (SSSR count). The van der Waals surface area contributed by atoms with Crippen LogP contribution < -0.4 is 9.62 Å². The van der Waals surface area contributed by atoms with E-state index in [1.54, 1.807) is 30.3 Å². The van der Waals surface area contributed by atoms with Gasteiger partial charge in [-0.1, -0.05) is 96.0 Å². The van der Waals surface area contributed by atoms with Crippen LogP contribution in [0.2, 0.25) is 5.02 Å². The third kappa shape index (κ3) is 8.96. The molecule has 0 radical (unpaired) electrons. The number of aryl methyl sites for hydroxylation is 2. The van der Waals surface area contributed by atoms with Crippen molar-refractivity contribution < 1.29 is 18.0 Å². The molecule has 0 aliphatic rings. The first-order valence-corrected chi connectivity index (χ1v) is 16.6. The molecule has 0 aliphatic heterocycles. The van der Waals surface area contributed by atoms with Crippen molar-refractivity contribution in [2.75, 3.05) is 10.8 Å². The number of hydrogen-bond donors (Lipinski definition) is 1. The summed E-state index contributed by atoms with van der Waals surface area (Å²) in [5.74, 6) is -0.863. The minimum Gasteiger partial charge on any atom is -0.350 e. The van der Waals surface area contributed by atoms with Crippen LogP contribution in [-0.2, 0) is 32.6 Å². The molecule has 9 heteroatoms. The Hall–Kier alpha value is -4.14. The molecule has 0 saturated carbocycles. The van der Waals surface area contributed by atoms with Gasteiger partial charge in [0.05, 0.1) is 10.6 Å². The van der Waals surface area contributed by atoms with Gasteiger partial charge < -0.3 is 10.2 Å². The lowest BCUT2D eigenvalue weighted by molar-refractivity contribution is -0.140. The third-order valence-electron chi connectivity index (χ3n) is 7.30. The highest BCUT2D eigenvalue weighted by Gasteiger charge is 2.35. The highest BCUT2D eigenvalue weighted by Crippen LogP contribution is 2.29. The number of halogens is 1. The first kappa shape index (κ1) is 33.7. The van der Waals surface area contributed by atoms with Gasteiger partial charge in [0, 0.05) is 23.5 Å². The van der Waals surface area contributed by atoms with Crippen molar-refractivity contribution in [2.45, 2.75) is 64.1 Å². The largest absolute Gasteiger partial charge is 0.350 e. The number of sulfonamides is 1. The summed E-state index contributed by atoms with van der Waals surface area (Å²) in [6.07, 6.45) is 0.238. The van der Waals surface area contributed by atoms with Gasteiger partial charge in [-0.2, -0.15) is 0 Å². The Morgan fingerprint density at radius 3 is 1.96 bits per heavy atom. The fraction of sp³-hybridized carbons (Fsp3) is 0.278. The van der Waals surface area contributed by atoms with Crippen molar-refractivity contribution in [1.29, 1.82) is 0 Å². The maximum Gasteiger partial charge on any atom is 0.264 e. The zero-order valence-electron chi connectivity index (χ0n) is 26.3. The highest BCUT2D eigenvalue weighted by atomic mass is 35.5. The number of hydrogen-bond acceptors (Lipinski definition) is 4. The number of amides is 2. The molecule has 2 amide bonds. The van der Waals surface area contributed by atoms with Crippen molar-refractivity contribution in [1.82, 2.24) is 10.2 Å². The fourth-order valence-corrected chi connectivity index (χ4v) is 6.47. The van der Waals surface area contributed by atoms with Gasteiger partial charge in [0.25, 0.3) is 10.0 Å². The van der Waals surface area contributed by atoms with Gasteiger partial charge in [-0.15, -0.1) is 0 Å². The number of benzene rings is 4. The first-order chi connectivity index (χ1) is 21.2. The van der Waals surface area contributed by atoms with E-state index in [1.165, 1.54) is 17.0 Å². The molecule has 7 nitrogen and oxygen atoms in total. The Morgan fingerprint density at radius 2 is 1.40 bits per heavy atom. The van der Waals surface area contributed by atoms with Crippen LogP contribution in [-0.4, -0.2) is 43.3 Å². The van der Waals surface area contributed by atoms with Gasteiger partial charge in [0.1, 0.15) is 12.6 Å². The molecular formula is C36H40ClN3O4S. The first-order valence-electron chi connectivity index (χ1n) is 14.8. The van der Waals surface area contributed by atoms with Gasteiger partial charge in [-0.3, -0.25) is 13.9 Å². The number of rotatable bonds is 11. The van der Waals surface area contributed by atoms with Gasteiger partial charge in [-0.25, -0.2) is 8.42 Å². The maximum atomic E-state index is 14.5. The molecule has 0 unspecified atom stereocenters. The molecule has 1 N–H and O–H groups in total. The van der Waals surface area contributed by atoms with Gasteiger partial charge in [0.2, 0.25) is 11.8 Å². The second kappa shape index (κ2) is 14.3. The Bertz CT molecular complexity index is 1720. The molecule has 45 heavy (non-hydrogen) atoms. The molecule has 0 fully saturated rings. The summed E-state index contributed by atoms with van der Waals surface area (Å²) in [5, 5.41) is 3.41. The van der Waals surface area contributed by atoms with Gasteiger partial charge >= 0.3 is 0 Å². The summed E-state index contributed by atoms with van der Waals surface area (Å²) >= 11 is 6.46. The van der Waals surface area contributed by atoms with E-state index in [2.05, 4.69) is 5.32 Å². The van der Waals surface area contributed by atoms with E-state index < -0.39 is 34.1 Å². The Balaban J connectivity index is 1.82. The molecule has 1 atom stereocenters. The molecule has 0 bridgehead atoms. The number of nitrogens with zero attached hydrogens (tertiary/aromatic N) is 2. The second-order valence-corrected chi connectivity index (χ2v) is 14.5. The molecule has 0 spiro atoms. The van der Waals surface area contributed by atoms with Crippen LogP contribution in [0.4, 0.5) is 5.69 Å². The zero-order valence-corrected chi connectivity index (χ0v) is 27.9.